The van der Waals surface area contributed by atoms with Crippen LogP contribution in [0.1, 0.15) is 0 Å². The SMILES string of the molecule is O=S(=O)(O)c1cc(N=Nc2ccc(Nc3ccccc3)cc2)ccc1Cl. The summed E-state index contributed by atoms with van der Waals surface area (Å²) in [5.41, 5.74) is 2.72. The topological polar surface area (TPSA) is 91.1 Å². The molecular weight excluding hydrogens is 374 g/mol. The summed E-state index contributed by atoms with van der Waals surface area (Å²) >= 11 is 5.76. The molecule has 0 aliphatic heterocycles. The summed E-state index contributed by atoms with van der Waals surface area (Å²) < 4.78 is 31.7. The predicted molar refractivity (Wildman–Crippen MR) is 102 cm³/mol. The average Bonchev–Trinajstić information content (AvgIpc) is 2.62. The van der Waals surface area contributed by atoms with Gasteiger partial charge in [0.05, 0.1) is 16.4 Å². The van der Waals surface area contributed by atoms with E-state index in [1.165, 1.54) is 12.1 Å². The van der Waals surface area contributed by atoms with Crippen molar-refractivity contribution < 1.29 is 13.0 Å². The van der Waals surface area contributed by atoms with Crippen molar-refractivity contribution >= 4 is 44.5 Å². The molecule has 0 atom stereocenters. The number of nitrogens with zero attached hydrogens (tertiary/aromatic N) is 2. The van der Waals surface area contributed by atoms with Gasteiger partial charge in [0.25, 0.3) is 10.1 Å². The minimum atomic E-state index is -4.42. The number of nitrogens with one attached hydrogen (secondary N) is 1. The standard InChI is InChI=1S/C18H14ClN3O3S/c19-17-11-10-16(12-18(17)26(23,24)25)22-21-15-8-6-14(7-9-15)20-13-4-2-1-3-5-13/h1-12,20H,(H,23,24,25). The number of anilines is 2. The van der Waals surface area contributed by atoms with E-state index in [0.29, 0.717) is 5.69 Å². The number of hydrogen-bond donors (Lipinski definition) is 2. The summed E-state index contributed by atoms with van der Waals surface area (Å²) in [6.45, 7) is 0. The Labute approximate surface area is 155 Å². The molecule has 0 aromatic heterocycles. The minimum Gasteiger partial charge on any atom is -0.356 e. The van der Waals surface area contributed by atoms with E-state index >= 15 is 0 Å². The molecular formula is C18H14ClN3O3S. The molecule has 3 aromatic carbocycles. The first kappa shape index (κ1) is 18.1. The Morgan fingerprint density at radius 1 is 0.808 bits per heavy atom. The molecule has 0 saturated heterocycles. The smallest absolute Gasteiger partial charge is 0.296 e. The Balaban J connectivity index is 1.75. The lowest BCUT2D eigenvalue weighted by Gasteiger charge is -2.05. The third-order valence-electron chi connectivity index (χ3n) is 3.40. The predicted octanol–water partition coefficient (Wildman–Crippen LogP) is 5.75. The number of rotatable bonds is 5. The highest BCUT2D eigenvalue weighted by Crippen LogP contribution is 2.28. The van der Waals surface area contributed by atoms with Crippen LogP contribution < -0.4 is 5.32 Å². The first-order chi connectivity index (χ1) is 12.4. The molecule has 8 heteroatoms. The zero-order valence-corrected chi connectivity index (χ0v) is 14.9. The van der Waals surface area contributed by atoms with Crippen molar-refractivity contribution in [3.63, 3.8) is 0 Å². The van der Waals surface area contributed by atoms with Crippen molar-refractivity contribution in [3.05, 3.63) is 77.8 Å². The molecule has 0 aliphatic rings. The van der Waals surface area contributed by atoms with Crippen LogP contribution in [0.5, 0.6) is 0 Å². The number of azo groups is 1. The van der Waals surface area contributed by atoms with Gasteiger partial charge in [-0.2, -0.15) is 18.6 Å². The van der Waals surface area contributed by atoms with Crippen LogP contribution in [0.2, 0.25) is 5.02 Å². The Bertz CT molecular complexity index is 1040. The lowest BCUT2D eigenvalue weighted by Crippen LogP contribution is -1.98. The van der Waals surface area contributed by atoms with Crippen molar-refractivity contribution in [3.8, 4) is 0 Å². The van der Waals surface area contributed by atoms with Gasteiger partial charge in [-0.1, -0.05) is 29.8 Å². The van der Waals surface area contributed by atoms with Crippen LogP contribution in [0.25, 0.3) is 0 Å². The second-order valence-electron chi connectivity index (χ2n) is 5.33. The van der Waals surface area contributed by atoms with Gasteiger partial charge >= 0.3 is 0 Å². The maximum absolute atomic E-state index is 11.3. The minimum absolute atomic E-state index is 0.0808. The van der Waals surface area contributed by atoms with Gasteiger partial charge in [0, 0.05) is 11.4 Å². The van der Waals surface area contributed by atoms with E-state index < -0.39 is 15.0 Å². The van der Waals surface area contributed by atoms with Gasteiger partial charge in [0.1, 0.15) is 4.90 Å². The number of para-hydroxylation sites is 1. The molecule has 0 heterocycles. The normalized spacial score (nSPS) is 11.6. The first-order valence-corrected chi connectivity index (χ1v) is 9.34. The zero-order chi connectivity index (χ0) is 18.6. The summed E-state index contributed by atoms with van der Waals surface area (Å²) in [7, 11) is -4.42. The van der Waals surface area contributed by atoms with Gasteiger partial charge < -0.3 is 5.32 Å². The summed E-state index contributed by atoms with van der Waals surface area (Å²) in [4.78, 5) is -0.405. The largest absolute Gasteiger partial charge is 0.356 e. The van der Waals surface area contributed by atoms with Crippen LogP contribution in [0, 0.1) is 0 Å². The van der Waals surface area contributed by atoms with Gasteiger partial charge in [0.15, 0.2) is 0 Å². The van der Waals surface area contributed by atoms with Crippen LogP contribution in [-0.4, -0.2) is 13.0 Å². The molecule has 0 fully saturated rings. The van der Waals surface area contributed by atoms with E-state index in [2.05, 4.69) is 15.5 Å². The molecule has 0 spiro atoms. The molecule has 0 amide bonds. The fraction of sp³-hybridized carbons (Fsp3) is 0. The Morgan fingerprint density at radius 2 is 1.38 bits per heavy atom. The number of halogens is 1. The maximum Gasteiger partial charge on any atom is 0.296 e. The van der Waals surface area contributed by atoms with Crippen LogP contribution in [0.3, 0.4) is 0 Å². The third kappa shape index (κ3) is 4.66. The van der Waals surface area contributed by atoms with Crippen LogP contribution in [-0.2, 0) is 10.1 Å². The number of benzene rings is 3. The first-order valence-electron chi connectivity index (χ1n) is 7.53. The lowest BCUT2D eigenvalue weighted by atomic mass is 10.2. The van der Waals surface area contributed by atoms with Crippen molar-refractivity contribution in [1.82, 2.24) is 0 Å². The third-order valence-corrected chi connectivity index (χ3v) is 4.74. The Hall–Kier alpha value is -2.74. The van der Waals surface area contributed by atoms with Crippen LogP contribution >= 0.6 is 11.6 Å². The second-order valence-corrected chi connectivity index (χ2v) is 7.12. The highest BCUT2D eigenvalue weighted by atomic mass is 35.5. The van der Waals surface area contributed by atoms with Gasteiger partial charge in [-0.15, -0.1) is 0 Å². The summed E-state index contributed by atoms with van der Waals surface area (Å²) in [6.07, 6.45) is 0. The molecule has 0 saturated carbocycles. The van der Waals surface area contributed by atoms with Crippen LogP contribution in [0.4, 0.5) is 22.7 Å². The van der Waals surface area contributed by atoms with E-state index in [0.717, 1.165) is 17.4 Å². The van der Waals surface area contributed by atoms with Gasteiger partial charge in [-0.3, -0.25) is 4.55 Å². The quantitative estimate of drug-likeness (QED) is 0.431. The summed E-state index contributed by atoms with van der Waals surface area (Å²) in [6, 6.07) is 21.0. The zero-order valence-electron chi connectivity index (χ0n) is 13.4. The molecule has 0 unspecified atom stereocenters. The van der Waals surface area contributed by atoms with E-state index in [4.69, 9.17) is 16.2 Å². The fourth-order valence-electron chi connectivity index (χ4n) is 2.17. The van der Waals surface area contributed by atoms with Crippen molar-refractivity contribution in [2.24, 2.45) is 10.2 Å². The van der Waals surface area contributed by atoms with Crippen molar-refractivity contribution in [2.75, 3.05) is 5.32 Å². The average molecular weight is 388 g/mol. The van der Waals surface area contributed by atoms with E-state index in [1.54, 1.807) is 12.1 Å². The van der Waals surface area contributed by atoms with Crippen LogP contribution in [0.15, 0.2) is 87.9 Å². The Kier molecular flexibility index (Phi) is 5.32. The molecule has 3 aromatic rings. The molecule has 2 N–H and O–H groups in total. The molecule has 0 aliphatic carbocycles. The maximum atomic E-state index is 11.3. The second kappa shape index (κ2) is 7.65. The van der Waals surface area contributed by atoms with E-state index in [9.17, 15) is 8.42 Å². The van der Waals surface area contributed by atoms with Gasteiger partial charge in [-0.25, -0.2) is 0 Å². The van der Waals surface area contributed by atoms with Crippen molar-refractivity contribution in [1.29, 1.82) is 0 Å². The molecule has 6 nitrogen and oxygen atoms in total. The molecule has 0 radical (unpaired) electrons. The fourth-order valence-corrected chi connectivity index (χ4v) is 3.16. The highest BCUT2D eigenvalue weighted by Gasteiger charge is 2.14. The monoisotopic (exact) mass is 387 g/mol. The molecule has 132 valence electrons. The summed E-state index contributed by atoms with van der Waals surface area (Å²) in [5.74, 6) is 0. The van der Waals surface area contributed by atoms with E-state index in [1.807, 2.05) is 42.5 Å². The molecule has 3 rings (SSSR count). The van der Waals surface area contributed by atoms with E-state index in [-0.39, 0.29) is 10.7 Å². The summed E-state index contributed by atoms with van der Waals surface area (Å²) in [5, 5.41) is 11.2. The molecule has 0 bridgehead atoms. The highest BCUT2D eigenvalue weighted by molar-refractivity contribution is 7.86. The molecule has 26 heavy (non-hydrogen) atoms. The lowest BCUT2D eigenvalue weighted by molar-refractivity contribution is 0.483. The number of hydrogen-bond acceptors (Lipinski definition) is 5. The van der Waals surface area contributed by atoms with Gasteiger partial charge in [-0.05, 0) is 54.6 Å². The van der Waals surface area contributed by atoms with Crippen molar-refractivity contribution in [2.45, 2.75) is 4.90 Å². The Morgan fingerprint density at radius 3 is 2.04 bits per heavy atom. The van der Waals surface area contributed by atoms with Gasteiger partial charge in [0.2, 0.25) is 0 Å².